The molecule has 1 atom stereocenters. The van der Waals surface area contributed by atoms with Gasteiger partial charge in [0.1, 0.15) is 6.07 Å². The number of alkyl halides is 1. The molecule has 1 aromatic rings. The molecule has 1 unspecified atom stereocenters. The van der Waals surface area contributed by atoms with Crippen LogP contribution in [0.3, 0.4) is 0 Å². The normalized spacial score (nSPS) is 13.1. The minimum absolute atomic E-state index is 0.135. The van der Waals surface area contributed by atoms with Gasteiger partial charge >= 0.3 is 0 Å². The molecule has 0 saturated heterocycles. The van der Waals surface area contributed by atoms with Gasteiger partial charge in [-0.05, 0) is 5.92 Å². The predicted octanol–water partition coefficient (Wildman–Crippen LogP) is 0.997. The smallest absolute Gasteiger partial charge is 0.198 e. The fourth-order valence-electron chi connectivity index (χ4n) is 1.13. The first-order valence-electron chi connectivity index (χ1n) is 4.51. The van der Waals surface area contributed by atoms with Gasteiger partial charge in [0.25, 0.3) is 0 Å². The van der Waals surface area contributed by atoms with Crippen LogP contribution in [-0.4, -0.2) is 30.0 Å². The van der Waals surface area contributed by atoms with E-state index in [9.17, 15) is 8.42 Å². The van der Waals surface area contributed by atoms with Gasteiger partial charge in [-0.25, -0.2) is 18.4 Å². The molecule has 0 radical (unpaired) electrons. The highest BCUT2D eigenvalue weighted by Crippen LogP contribution is 2.14. The van der Waals surface area contributed by atoms with E-state index in [0.717, 1.165) is 0 Å². The SMILES string of the molecule is CC(CCl)CS(=O)(=O)c1nccnc1C#N. The average molecular weight is 260 g/mol. The number of sulfone groups is 1. The van der Waals surface area contributed by atoms with Gasteiger partial charge in [-0.3, -0.25) is 0 Å². The van der Waals surface area contributed by atoms with Gasteiger partial charge in [-0.15, -0.1) is 11.6 Å². The van der Waals surface area contributed by atoms with Crippen molar-refractivity contribution in [1.82, 2.24) is 9.97 Å². The van der Waals surface area contributed by atoms with Gasteiger partial charge in [0, 0.05) is 18.3 Å². The predicted molar refractivity (Wildman–Crippen MR) is 58.7 cm³/mol. The lowest BCUT2D eigenvalue weighted by atomic mass is 10.3. The molecule has 1 heterocycles. The molecule has 0 bridgehead atoms. The van der Waals surface area contributed by atoms with Crippen molar-refractivity contribution in [3.8, 4) is 6.07 Å². The molecule has 0 aliphatic carbocycles. The third-order valence-electron chi connectivity index (χ3n) is 1.83. The van der Waals surface area contributed by atoms with Gasteiger partial charge in [-0.2, -0.15) is 5.26 Å². The van der Waals surface area contributed by atoms with Crippen LogP contribution in [0.1, 0.15) is 12.6 Å². The Hall–Kier alpha value is -1.19. The summed E-state index contributed by atoms with van der Waals surface area (Å²) in [4.78, 5) is 7.35. The van der Waals surface area contributed by atoms with Crippen LogP contribution < -0.4 is 0 Å². The molecule has 0 saturated carbocycles. The van der Waals surface area contributed by atoms with E-state index in [0.29, 0.717) is 0 Å². The Balaban J connectivity index is 3.13. The highest BCUT2D eigenvalue weighted by atomic mass is 35.5. The Morgan fingerprint density at radius 2 is 2.12 bits per heavy atom. The van der Waals surface area contributed by atoms with Gasteiger partial charge in [0.2, 0.25) is 0 Å². The fraction of sp³-hybridized carbons (Fsp3) is 0.444. The molecule has 0 spiro atoms. The number of hydrogen-bond donors (Lipinski definition) is 0. The van der Waals surface area contributed by atoms with E-state index in [1.165, 1.54) is 12.4 Å². The van der Waals surface area contributed by atoms with Crippen molar-refractivity contribution in [3.63, 3.8) is 0 Å². The summed E-state index contributed by atoms with van der Waals surface area (Å²) in [5, 5.41) is 8.46. The lowest BCUT2D eigenvalue weighted by molar-refractivity contribution is 0.578. The van der Waals surface area contributed by atoms with Crippen LogP contribution in [-0.2, 0) is 9.84 Å². The number of hydrogen-bond acceptors (Lipinski definition) is 5. The topological polar surface area (TPSA) is 83.7 Å². The molecule has 0 fully saturated rings. The van der Waals surface area contributed by atoms with Crippen LogP contribution in [0.5, 0.6) is 0 Å². The third-order valence-corrected chi connectivity index (χ3v) is 4.26. The Kier molecular flexibility index (Phi) is 4.21. The first-order chi connectivity index (χ1) is 7.51. The molecule has 7 heteroatoms. The first-order valence-corrected chi connectivity index (χ1v) is 6.69. The minimum Gasteiger partial charge on any atom is -0.241 e. The summed E-state index contributed by atoms with van der Waals surface area (Å²) in [6.45, 7) is 1.72. The lowest BCUT2D eigenvalue weighted by Gasteiger charge is -2.08. The van der Waals surface area contributed by atoms with Crippen LogP contribution in [0.4, 0.5) is 0 Å². The van der Waals surface area contributed by atoms with Crippen molar-refractivity contribution in [2.24, 2.45) is 5.92 Å². The zero-order valence-corrected chi connectivity index (χ0v) is 10.2. The monoisotopic (exact) mass is 259 g/mol. The molecule has 0 amide bonds. The van der Waals surface area contributed by atoms with Gasteiger partial charge in [-0.1, -0.05) is 6.92 Å². The maximum absolute atomic E-state index is 11.9. The number of nitriles is 1. The Bertz CT molecular complexity index is 510. The maximum atomic E-state index is 11.9. The number of aromatic nitrogens is 2. The molecular formula is C9H10ClN3O2S. The third kappa shape index (κ3) is 2.90. The second-order valence-electron chi connectivity index (χ2n) is 3.36. The highest BCUT2D eigenvalue weighted by Gasteiger charge is 2.23. The lowest BCUT2D eigenvalue weighted by Crippen LogP contribution is -2.17. The molecule has 0 aliphatic rings. The van der Waals surface area contributed by atoms with Gasteiger partial charge in [0.05, 0.1) is 5.75 Å². The summed E-state index contributed by atoms with van der Waals surface area (Å²) in [6, 6.07) is 1.71. The molecule has 0 aromatic carbocycles. The van der Waals surface area contributed by atoms with Gasteiger partial charge < -0.3 is 0 Å². The highest BCUT2D eigenvalue weighted by molar-refractivity contribution is 7.91. The van der Waals surface area contributed by atoms with Crippen molar-refractivity contribution >= 4 is 21.4 Å². The number of rotatable bonds is 4. The maximum Gasteiger partial charge on any atom is 0.198 e. The van der Waals surface area contributed by atoms with Crippen LogP contribution in [0.25, 0.3) is 0 Å². The van der Waals surface area contributed by atoms with Crippen LogP contribution in [0, 0.1) is 17.2 Å². The zero-order chi connectivity index (χ0) is 12.2. The van der Waals surface area contributed by atoms with Crippen LogP contribution in [0.2, 0.25) is 0 Å². The molecule has 0 N–H and O–H groups in total. The van der Waals surface area contributed by atoms with E-state index < -0.39 is 9.84 Å². The summed E-state index contributed by atoms with van der Waals surface area (Å²) in [5.41, 5.74) is -0.177. The summed E-state index contributed by atoms with van der Waals surface area (Å²) < 4.78 is 23.7. The Morgan fingerprint density at radius 3 is 2.69 bits per heavy atom. The van der Waals surface area contributed by atoms with E-state index >= 15 is 0 Å². The van der Waals surface area contributed by atoms with Crippen molar-refractivity contribution in [2.75, 3.05) is 11.6 Å². The summed E-state index contributed by atoms with van der Waals surface area (Å²) in [5.74, 6) is -0.0918. The second kappa shape index (κ2) is 5.23. The van der Waals surface area contributed by atoms with Crippen molar-refractivity contribution in [2.45, 2.75) is 11.9 Å². The largest absolute Gasteiger partial charge is 0.241 e. The van der Waals surface area contributed by atoms with E-state index in [-0.39, 0.29) is 28.3 Å². The molecule has 5 nitrogen and oxygen atoms in total. The second-order valence-corrected chi connectivity index (χ2v) is 5.62. The molecule has 1 rings (SSSR count). The Morgan fingerprint density at radius 1 is 1.50 bits per heavy atom. The van der Waals surface area contributed by atoms with Crippen molar-refractivity contribution in [1.29, 1.82) is 5.26 Å². The summed E-state index contributed by atoms with van der Waals surface area (Å²) in [6.07, 6.45) is 2.53. The zero-order valence-electron chi connectivity index (χ0n) is 8.59. The average Bonchev–Trinajstić information content (AvgIpc) is 2.28. The molecule has 1 aromatic heterocycles. The van der Waals surface area contributed by atoms with E-state index in [1.807, 2.05) is 0 Å². The van der Waals surface area contributed by atoms with E-state index in [2.05, 4.69) is 9.97 Å². The quantitative estimate of drug-likeness (QED) is 0.753. The standard InChI is InChI=1S/C9H10ClN3O2S/c1-7(4-10)6-16(14,15)9-8(5-11)12-2-3-13-9/h2-3,7H,4,6H2,1H3. The van der Waals surface area contributed by atoms with Gasteiger partial charge in [0.15, 0.2) is 20.6 Å². The van der Waals surface area contributed by atoms with Crippen molar-refractivity contribution < 1.29 is 8.42 Å². The molecule has 16 heavy (non-hydrogen) atoms. The molecule has 0 aliphatic heterocycles. The van der Waals surface area contributed by atoms with Crippen LogP contribution >= 0.6 is 11.6 Å². The summed E-state index contributed by atoms with van der Waals surface area (Å²) in [7, 11) is -3.59. The van der Waals surface area contributed by atoms with E-state index in [4.69, 9.17) is 16.9 Å². The Labute approximate surface area is 99.0 Å². The van der Waals surface area contributed by atoms with Crippen molar-refractivity contribution in [3.05, 3.63) is 18.1 Å². The molecule has 86 valence electrons. The van der Waals surface area contributed by atoms with Crippen LogP contribution in [0.15, 0.2) is 17.4 Å². The first kappa shape index (κ1) is 12.9. The minimum atomic E-state index is -3.59. The summed E-state index contributed by atoms with van der Waals surface area (Å²) >= 11 is 5.55. The number of nitrogens with zero attached hydrogens (tertiary/aromatic N) is 3. The van der Waals surface area contributed by atoms with E-state index in [1.54, 1.807) is 13.0 Å². The molecular weight excluding hydrogens is 250 g/mol. The fourth-order valence-corrected chi connectivity index (χ4v) is 3.01. The number of halogens is 1.